The maximum Gasteiger partial charge on any atom is 0.255 e. The van der Waals surface area contributed by atoms with Gasteiger partial charge in [-0.25, -0.2) is 14.4 Å². The van der Waals surface area contributed by atoms with Crippen molar-refractivity contribution in [2.24, 2.45) is 11.7 Å². The lowest BCUT2D eigenvalue weighted by atomic mass is 9.91. The van der Waals surface area contributed by atoms with Gasteiger partial charge in [-0.3, -0.25) is 4.79 Å². The Morgan fingerprint density at radius 1 is 1.19 bits per heavy atom. The van der Waals surface area contributed by atoms with Crippen LogP contribution in [-0.4, -0.2) is 39.5 Å². The third kappa shape index (κ3) is 4.25. The first-order chi connectivity index (χ1) is 15.1. The van der Waals surface area contributed by atoms with Crippen molar-refractivity contribution in [3.05, 3.63) is 42.1 Å². The fourth-order valence-electron chi connectivity index (χ4n) is 4.15. The summed E-state index contributed by atoms with van der Waals surface area (Å²) in [6.07, 6.45) is 8.96. The van der Waals surface area contributed by atoms with Crippen molar-refractivity contribution in [1.29, 1.82) is 0 Å². The lowest BCUT2D eigenvalue weighted by Gasteiger charge is -2.26. The van der Waals surface area contributed by atoms with E-state index >= 15 is 0 Å². The molecule has 0 aliphatic heterocycles. The number of hydrogen-bond acceptors (Lipinski definition) is 5. The Balaban J connectivity index is 1.44. The minimum Gasteiger partial charge on any atom is -0.492 e. The Labute approximate surface area is 179 Å². The molecule has 4 N–H and O–H groups in total. The molecule has 8 heteroatoms. The van der Waals surface area contributed by atoms with Crippen molar-refractivity contribution in [1.82, 2.24) is 20.3 Å². The molecule has 0 saturated heterocycles. The van der Waals surface area contributed by atoms with Gasteiger partial charge in [0.2, 0.25) is 0 Å². The van der Waals surface area contributed by atoms with E-state index in [1.165, 1.54) is 18.5 Å². The first kappa shape index (κ1) is 19.9. The van der Waals surface area contributed by atoms with E-state index in [2.05, 4.69) is 20.3 Å². The van der Waals surface area contributed by atoms with Gasteiger partial charge in [0.15, 0.2) is 0 Å². The molecule has 0 spiro atoms. The van der Waals surface area contributed by atoms with E-state index in [1.807, 2.05) is 0 Å². The smallest absolute Gasteiger partial charge is 0.255 e. The van der Waals surface area contributed by atoms with Gasteiger partial charge in [-0.2, -0.15) is 0 Å². The second-order valence-corrected chi connectivity index (χ2v) is 8.63. The Kier molecular flexibility index (Phi) is 5.31. The van der Waals surface area contributed by atoms with E-state index in [0.29, 0.717) is 46.1 Å². The first-order valence-corrected chi connectivity index (χ1v) is 10.9. The number of aromatic amines is 1. The minimum atomic E-state index is -0.362. The SMILES string of the molecule is N[C@H]1CC[C@@H](NC(=O)c2c[nH]c3c(-c4ccc(F)cc4OCC4CC4)ncnc23)CC1. The number of halogens is 1. The Morgan fingerprint density at radius 2 is 2.00 bits per heavy atom. The van der Waals surface area contributed by atoms with E-state index in [4.69, 9.17) is 10.5 Å². The minimum absolute atomic E-state index is 0.123. The summed E-state index contributed by atoms with van der Waals surface area (Å²) in [6, 6.07) is 4.78. The number of amides is 1. The van der Waals surface area contributed by atoms with Gasteiger partial charge in [-0.1, -0.05) is 0 Å². The van der Waals surface area contributed by atoms with Crippen molar-refractivity contribution < 1.29 is 13.9 Å². The summed E-state index contributed by atoms with van der Waals surface area (Å²) in [5.74, 6) is 0.460. The molecule has 0 atom stereocenters. The molecule has 2 aliphatic rings. The van der Waals surface area contributed by atoms with Crippen LogP contribution in [-0.2, 0) is 0 Å². The van der Waals surface area contributed by atoms with Crippen LogP contribution >= 0.6 is 0 Å². The number of hydrogen-bond donors (Lipinski definition) is 3. The Bertz CT molecular complexity index is 1100. The molecule has 2 aliphatic carbocycles. The zero-order chi connectivity index (χ0) is 21.4. The summed E-state index contributed by atoms with van der Waals surface area (Å²) < 4.78 is 19.8. The van der Waals surface area contributed by atoms with E-state index in [9.17, 15) is 9.18 Å². The van der Waals surface area contributed by atoms with Gasteiger partial charge in [-0.05, 0) is 56.6 Å². The highest BCUT2D eigenvalue weighted by Crippen LogP contribution is 2.36. The van der Waals surface area contributed by atoms with Crippen LogP contribution in [0.2, 0.25) is 0 Å². The lowest BCUT2D eigenvalue weighted by molar-refractivity contribution is 0.0927. The summed E-state index contributed by atoms with van der Waals surface area (Å²) in [6.45, 7) is 0.564. The molecule has 31 heavy (non-hydrogen) atoms. The predicted molar refractivity (Wildman–Crippen MR) is 115 cm³/mol. The normalized spacial score (nSPS) is 21.2. The number of H-pyrrole nitrogens is 1. The van der Waals surface area contributed by atoms with Crippen LogP contribution in [0.25, 0.3) is 22.3 Å². The van der Waals surface area contributed by atoms with Gasteiger partial charge in [-0.15, -0.1) is 0 Å². The molecule has 0 unspecified atom stereocenters. The van der Waals surface area contributed by atoms with Gasteiger partial charge in [0.05, 0.1) is 17.7 Å². The average molecular weight is 423 g/mol. The molecule has 2 aromatic heterocycles. The maximum atomic E-state index is 13.9. The Hall–Kier alpha value is -3.00. The van der Waals surface area contributed by atoms with Crippen LogP contribution in [0.1, 0.15) is 48.9 Å². The van der Waals surface area contributed by atoms with Gasteiger partial charge in [0.25, 0.3) is 5.91 Å². The number of rotatable bonds is 6. The third-order valence-electron chi connectivity index (χ3n) is 6.19. The largest absolute Gasteiger partial charge is 0.492 e. The molecule has 2 saturated carbocycles. The molecule has 162 valence electrons. The molecule has 7 nitrogen and oxygen atoms in total. The lowest BCUT2D eigenvalue weighted by Crippen LogP contribution is -2.40. The summed E-state index contributed by atoms with van der Waals surface area (Å²) in [5.41, 5.74) is 8.85. The summed E-state index contributed by atoms with van der Waals surface area (Å²) >= 11 is 0. The number of carbonyl (C=O) groups excluding carboxylic acids is 1. The fourth-order valence-corrected chi connectivity index (χ4v) is 4.15. The topological polar surface area (TPSA) is 106 Å². The van der Waals surface area contributed by atoms with Crippen molar-refractivity contribution in [3.63, 3.8) is 0 Å². The quantitative estimate of drug-likeness (QED) is 0.562. The van der Waals surface area contributed by atoms with Crippen molar-refractivity contribution in [3.8, 4) is 17.0 Å². The number of nitrogens with two attached hydrogens (primary N) is 1. The predicted octanol–water partition coefficient (Wildman–Crippen LogP) is 3.55. The summed E-state index contributed by atoms with van der Waals surface area (Å²) in [4.78, 5) is 24.8. The van der Waals surface area contributed by atoms with Gasteiger partial charge >= 0.3 is 0 Å². The second-order valence-electron chi connectivity index (χ2n) is 8.63. The van der Waals surface area contributed by atoms with E-state index in [1.54, 1.807) is 12.3 Å². The molecule has 1 amide bonds. The Morgan fingerprint density at radius 3 is 2.77 bits per heavy atom. The summed E-state index contributed by atoms with van der Waals surface area (Å²) in [5, 5.41) is 3.10. The highest BCUT2D eigenvalue weighted by molar-refractivity contribution is 6.07. The van der Waals surface area contributed by atoms with Crippen LogP contribution in [0.5, 0.6) is 5.75 Å². The number of carbonyl (C=O) groups is 1. The highest BCUT2D eigenvalue weighted by Gasteiger charge is 2.25. The molecule has 1 aromatic carbocycles. The van der Waals surface area contributed by atoms with Crippen molar-refractivity contribution in [2.45, 2.75) is 50.6 Å². The van der Waals surface area contributed by atoms with Crippen LogP contribution in [0.15, 0.2) is 30.7 Å². The number of benzene rings is 1. The van der Waals surface area contributed by atoms with Gasteiger partial charge < -0.3 is 20.8 Å². The van der Waals surface area contributed by atoms with Crippen LogP contribution in [0, 0.1) is 11.7 Å². The molecule has 2 heterocycles. The molecule has 0 radical (unpaired) electrons. The number of aromatic nitrogens is 3. The molecular weight excluding hydrogens is 397 g/mol. The zero-order valence-electron chi connectivity index (χ0n) is 17.2. The monoisotopic (exact) mass is 423 g/mol. The molecule has 0 bridgehead atoms. The van der Waals surface area contributed by atoms with Crippen LogP contribution in [0.4, 0.5) is 4.39 Å². The van der Waals surface area contributed by atoms with Crippen LogP contribution < -0.4 is 15.8 Å². The number of nitrogens with one attached hydrogen (secondary N) is 2. The van der Waals surface area contributed by atoms with E-state index in [-0.39, 0.29) is 23.8 Å². The van der Waals surface area contributed by atoms with Crippen molar-refractivity contribution in [2.75, 3.05) is 6.61 Å². The molecule has 2 fully saturated rings. The number of ether oxygens (including phenoxy) is 1. The molecule has 3 aromatic rings. The van der Waals surface area contributed by atoms with E-state index < -0.39 is 0 Å². The third-order valence-corrected chi connectivity index (χ3v) is 6.19. The number of nitrogens with zero attached hydrogens (tertiary/aromatic N) is 2. The van der Waals surface area contributed by atoms with Crippen LogP contribution in [0.3, 0.4) is 0 Å². The molecular formula is C23H26FN5O2. The standard InChI is InChI=1S/C23H26FN5O2/c24-14-3-8-17(19(9-14)31-11-13-1-2-13)20-22-21(28-12-27-20)18(10-26-22)23(30)29-16-6-4-15(25)5-7-16/h3,8-10,12-13,15-16,26H,1-2,4-7,11,25H2,(H,29,30)/t15-,16+. The van der Waals surface area contributed by atoms with Gasteiger partial charge in [0.1, 0.15) is 29.1 Å². The molecule has 5 rings (SSSR count). The average Bonchev–Trinajstić information content (AvgIpc) is 3.50. The highest BCUT2D eigenvalue weighted by atomic mass is 19.1. The maximum absolute atomic E-state index is 13.9. The first-order valence-electron chi connectivity index (χ1n) is 10.9. The summed E-state index contributed by atoms with van der Waals surface area (Å²) in [7, 11) is 0. The number of fused-ring (bicyclic) bond motifs is 1. The zero-order valence-corrected chi connectivity index (χ0v) is 17.2. The fraction of sp³-hybridized carbons (Fsp3) is 0.435. The second kappa shape index (κ2) is 8.26. The van der Waals surface area contributed by atoms with Gasteiger partial charge in [0, 0.05) is 29.9 Å². The van der Waals surface area contributed by atoms with Crippen molar-refractivity contribution >= 4 is 16.9 Å². The van der Waals surface area contributed by atoms with E-state index in [0.717, 1.165) is 38.5 Å².